The van der Waals surface area contributed by atoms with Crippen LogP contribution >= 0.6 is 0 Å². The fourth-order valence-electron chi connectivity index (χ4n) is 4.23. The maximum absolute atomic E-state index is 13.9. The lowest BCUT2D eigenvalue weighted by Crippen LogP contribution is -2.43. The number of esters is 1. The molecule has 1 fully saturated rings. The van der Waals surface area contributed by atoms with Gasteiger partial charge in [0, 0.05) is 6.42 Å². The number of hydrogen-bond acceptors (Lipinski definition) is 6. The van der Waals surface area contributed by atoms with Gasteiger partial charge in [0.15, 0.2) is 0 Å². The number of ketones is 1. The summed E-state index contributed by atoms with van der Waals surface area (Å²) in [4.78, 5) is 24.2. The first-order valence-electron chi connectivity index (χ1n) is 12.1. The Bertz CT molecular complexity index is 1230. The summed E-state index contributed by atoms with van der Waals surface area (Å²) in [5.41, 5.74) is 1.45. The van der Waals surface area contributed by atoms with Crippen LogP contribution in [0.5, 0.6) is 5.75 Å². The average molecular weight is 500 g/mol. The molecular formula is C27H33NO6S. The van der Waals surface area contributed by atoms with Crippen LogP contribution in [-0.2, 0) is 30.8 Å². The molecule has 2 aromatic rings. The Labute approximate surface area is 207 Å². The van der Waals surface area contributed by atoms with Crippen molar-refractivity contribution in [3.63, 3.8) is 0 Å². The summed E-state index contributed by atoms with van der Waals surface area (Å²) in [7, 11) is -3.90. The molecule has 0 spiro atoms. The maximum atomic E-state index is 13.9. The summed E-state index contributed by atoms with van der Waals surface area (Å²) < 4.78 is 40.6. The molecule has 0 aromatic heterocycles. The molecule has 0 saturated heterocycles. The van der Waals surface area contributed by atoms with Crippen LogP contribution in [0.3, 0.4) is 0 Å². The summed E-state index contributed by atoms with van der Waals surface area (Å²) in [6, 6.07) is 12.3. The van der Waals surface area contributed by atoms with E-state index in [0.717, 1.165) is 18.4 Å². The topological polar surface area (TPSA) is 90.0 Å². The average Bonchev–Trinajstić information content (AvgIpc) is 3.61. The van der Waals surface area contributed by atoms with Gasteiger partial charge in [-0.15, -0.1) is 0 Å². The molecule has 1 heterocycles. The molecule has 2 aliphatic rings. The van der Waals surface area contributed by atoms with Gasteiger partial charge >= 0.3 is 5.97 Å². The molecule has 4 rings (SSSR count). The summed E-state index contributed by atoms with van der Waals surface area (Å²) in [5, 5.41) is 0. The van der Waals surface area contributed by atoms with Crippen LogP contribution in [0.1, 0.15) is 70.4 Å². The molecule has 1 atom stereocenters. The first-order valence-corrected chi connectivity index (χ1v) is 13.5. The number of carbonyl (C=O) groups excluding carboxylic acids is 2. The molecule has 1 aliphatic heterocycles. The van der Waals surface area contributed by atoms with Crippen LogP contribution < -0.4 is 9.04 Å². The number of nitrogens with zero attached hydrogens (tertiary/aromatic N) is 1. The Morgan fingerprint density at radius 3 is 2.51 bits per heavy atom. The number of sulfonamides is 1. The van der Waals surface area contributed by atoms with Crippen LogP contribution in [0.25, 0.3) is 0 Å². The molecule has 0 N–H and O–H groups in total. The highest BCUT2D eigenvalue weighted by atomic mass is 32.2. The number of fused-ring (bicyclic) bond motifs is 1. The SMILES string of the molecule is CC(=O)CC[C@H]1CN(S(=O)(=O)c2cccc(C3CC3)c2)c2cc(CC(=O)OC(C)(C)C)ccc2O1. The second-order valence-electron chi connectivity index (χ2n) is 10.4. The number of hydrogen-bond donors (Lipinski definition) is 0. The van der Waals surface area contributed by atoms with Crippen molar-refractivity contribution in [3.05, 3.63) is 53.6 Å². The Hall–Kier alpha value is -2.87. The van der Waals surface area contributed by atoms with Crippen molar-refractivity contribution < 1.29 is 27.5 Å². The van der Waals surface area contributed by atoms with Gasteiger partial charge in [0.05, 0.1) is 23.5 Å². The minimum absolute atomic E-state index is 0.0172. The van der Waals surface area contributed by atoms with E-state index in [2.05, 4.69) is 0 Å². The van der Waals surface area contributed by atoms with E-state index in [0.29, 0.717) is 35.8 Å². The van der Waals surface area contributed by atoms with E-state index in [4.69, 9.17) is 9.47 Å². The number of benzene rings is 2. The third kappa shape index (κ3) is 6.23. The molecule has 8 heteroatoms. The van der Waals surface area contributed by atoms with Gasteiger partial charge in [-0.25, -0.2) is 8.42 Å². The van der Waals surface area contributed by atoms with E-state index in [1.165, 1.54) is 11.2 Å². The van der Waals surface area contributed by atoms with Crippen molar-refractivity contribution in [2.75, 3.05) is 10.8 Å². The highest BCUT2D eigenvalue weighted by Gasteiger charge is 2.36. The Balaban J connectivity index is 1.68. The number of rotatable bonds is 8. The summed E-state index contributed by atoms with van der Waals surface area (Å²) >= 11 is 0. The summed E-state index contributed by atoms with van der Waals surface area (Å²) in [5.74, 6) is 0.476. The standard InChI is InChI=1S/C27H33NO6S/c1-18(29)8-12-22-17-28(35(31,32)23-7-5-6-21(16-23)20-10-11-20)24-14-19(9-13-25(24)33-22)15-26(30)34-27(2,3)4/h5-7,9,13-14,16,20,22H,8,10-12,15,17H2,1-4H3/t22-/m0/s1. The molecule has 188 valence electrons. The summed E-state index contributed by atoms with van der Waals surface area (Å²) in [6.07, 6.45) is 2.44. The second kappa shape index (κ2) is 9.64. The highest BCUT2D eigenvalue weighted by Crippen LogP contribution is 2.42. The predicted molar refractivity (Wildman–Crippen MR) is 133 cm³/mol. The lowest BCUT2D eigenvalue weighted by atomic mass is 10.1. The quantitative estimate of drug-likeness (QED) is 0.486. The minimum Gasteiger partial charge on any atom is -0.486 e. The molecule has 35 heavy (non-hydrogen) atoms. The van der Waals surface area contributed by atoms with Crippen molar-refractivity contribution in [1.29, 1.82) is 0 Å². The van der Waals surface area contributed by atoms with Gasteiger partial charge in [0.2, 0.25) is 0 Å². The normalized spacial score (nSPS) is 17.9. The van der Waals surface area contributed by atoms with Gasteiger partial charge in [-0.1, -0.05) is 18.2 Å². The van der Waals surface area contributed by atoms with Gasteiger partial charge in [0.25, 0.3) is 10.0 Å². The first-order chi connectivity index (χ1) is 16.4. The third-order valence-corrected chi connectivity index (χ3v) is 7.81. The smallest absolute Gasteiger partial charge is 0.310 e. The van der Waals surface area contributed by atoms with Crippen LogP contribution in [0.15, 0.2) is 47.4 Å². The van der Waals surface area contributed by atoms with Gasteiger partial charge in [-0.3, -0.25) is 9.10 Å². The number of carbonyl (C=O) groups is 2. The number of ether oxygens (including phenoxy) is 2. The molecule has 0 amide bonds. The van der Waals surface area contributed by atoms with E-state index in [1.807, 2.05) is 6.07 Å². The Morgan fingerprint density at radius 2 is 1.86 bits per heavy atom. The van der Waals surface area contributed by atoms with Crippen molar-refractivity contribution in [2.45, 2.75) is 82.3 Å². The molecule has 1 saturated carbocycles. The van der Waals surface area contributed by atoms with Crippen molar-refractivity contribution in [3.8, 4) is 5.75 Å². The van der Waals surface area contributed by atoms with E-state index in [1.54, 1.807) is 57.2 Å². The predicted octanol–water partition coefficient (Wildman–Crippen LogP) is 4.77. The third-order valence-electron chi connectivity index (χ3n) is 6.04. The van der Waals surface area contributed by atoms with E-state index in [9.17, 15) is 18.0 Å². The molecule has 7 nitrogen and oxygen atoms in total. The zero-order valence-electron chi connectivity index (χ0n) is 20.7. The second-order valence-corrected chi connectivity index (χ2v) is 12.3. The Kier molecular flexibility index (Phi) is 6.95. The van der Waals surface area contributed by atoms with Crippen molar-refractivity contribution in [2.24, 2.45) is 0 Å². The van der Waals surface area contributed by atoms with Crippen molar-refractivity contribution in [1.82, 2.24) is 0 Å². The van der Waals surface area contributed by atoms with E-state index < -0.39 is 21.7 Å². The van der Waals surface area contributed by atoms with Crippen LogP contribution in [0.2, 0.25) is 0 Å². The minimum atomic E-state index is -3.90. The lowest BCUT2D eigenvalue weighted by molar-refractivity contribution is -0.153. The molecule has 0 unspecified atom stereocenters. The molecule has 1 aliphatic carbocycles. The van der Waals surface area contributed by atoms with Crippen LogP contribution in [0.4, 0.5) is 5.69 Å². The molecular weight excluding hydrogens is 466 g/mol. The zero-order valence-corrected chi connectivity index (χ0v) is 21.6. The number of anilines is 1. The zero-order chi connectivity index (χ0) is 25.4. The number of Topliss-reactive ketones (excluding diaryl/α,β-unsaturated/α-hetero) is 1. The van der Waals surface area contributed by atoms with Gasteiger partial charge in [-0.2, -0.15) is 0 Å². The molecule has 2 aromatic carbocycles. The fraction of sp³-hybridized carbons (Fsp3) is 0.481. The van der Waals surface area contributed by atoms with Crippen LogP contribution in [0, 0.1) is 0 Å². The summed E-state index contributed by atoms with van der Waals surface area (Å²) in [6.45, 7) is 7.01. The van der Waals surface area contributed by atoms with E-state index >= 15 is 0 Å². The fourth-order valence-corrected chi connectivity index (χ4v) is 5.78. The highest BCUT2D eigenvalue weighted by molar-refractivity contribution is 7.92. The largest absolute Gasteiger partial charge is 0.486 e. The van der Waals surface area contributed by atoms with Crippen LogP contribution in [-0.4, -0.2) is 38.4 Å². The van der Waals surface area contributed by atoms with Gasteiger partial charge < -0.3 is 14.3 Å². The van der Waals surface area contributed by atoms with Gasteiger partial charge in [-0.05, 0) is 88.3 Å². The molecule has 0 bridgehead atoms. The molecule has 0 radical (unpaired) electrons. The maximum Gasteiger partial charge on any atom is 0.310 e. The lowest BCUT2D eigenvalue weighted by Gasteiger charge is -2.36. The van der Waals surface area contributed by atoms with Crippen molar-refractivity contribution >= 4 is 27.5 Å². The Morgan fingerprint density at radius 1 is 1.11 bits per heavy atom. The van der Waals surface area contributed by atoms with Gasteiger partial charge in [0.1, 0.15) is 23.2 Å². The first kappa shape index (κ1) is 25.2. The van der Waals surface area contributed by atoms with E-state index in [-0.39, 0.29) is 29.6 Å². The monoisotopic (exact) mass is 499 g/mol.